The molecule has 0 saturated heterocycles. The number of aliphatic carboxylic acids is 1. The molecule has 1 atom stereocenters. The summed E-state index contributed by atoms with van der Waals surface area (Å²) in [5.74, 6) is -1.46. The first-order chi connectivity index (χ1) is 8.04. The fourth-order valence-electron chi connectivity index (χ4n) is 1.32. The highest BCUT2D eigenvalue weighted by Gasteiger charge is 2.19. The second-order valence-corrected chi connectivity index (χ2v) is 4.46. The van der Waals surface area contributed by atoms with E-state index < -0.39 is 17.9 Å². The van der Waals surface area contributed by atoms with E-state index in [-0.39, 0.29) is 0 Å². The summed E-state index contributed by atoms with van der Waals surface area (Å²) in [6.07, 6.45) is 4.04. The lowest BCUT2D eigenvalue weighted by molar-refractivity contribution is -0.139. The molecule has 0 radical (unpaired) electrons. The molecule has 92 valence electrons. The Morgan fingerprint density at radius 2 is 2.24 bits per heavy atom. The van der Waals surface area contributed by atoms with Crippen LogP contribution in [0.15, 0.2) is 22.9 Å². The molecule has 1 aromatic heterocycles. The lowest BCUT2D eigenvalue weighted by atomic mass is 10.1. The highest BCUT2D eigenvalue weighted by molar-refractivity contribution is 9.10. The fourth-order valence-corrected chi connectivity index (χ4v) is 1.69. The number of pyridine rings is 1. The number of carbonyl (C=O) groups excluding carboxylic acids is 1. The molecule has 1 aromatic rings. The van der Waals surface area contributed by atoms with Crippen LogP contribution in [-0.4, -0.2) is 28.0 Å². The van der Waals surface area contributed by atoms with E-state index in [1.165, 1.54) is 6.20 Å². The van der Waals surface area contributed by atoms with Crippen molar-refractivity contribution in [3.63, 3.8) is 0 Å². The van der Waals surface area contributed by atoms with Crippen LogP contribution < -0.4 is 5.32 Å². The van der Waals surface area contributed by atoms with Gasteiger partial charge in [0.05, 0.1) is 5.56 Å². The maximum atomic E-state index is 11.8. The van der Waals surface area contributed by atoms with Crippen LogP contribution in [0.3, 0.4) is 0 Å². The molecule has 0 aromatic carbocycles. The highest BCUT2D eigenvalue weighted by atomic mass is 79.9. The standard InChI is InChI=1S/C11H13BrN2O3/c1-2-3-9(11(16)17)14-10(15)7-4-8(12)6-13-5-7/h4-6,9H,2-3H2,1H3,(H,14,15)(H,16,17)/t9-/m1/s1. The largest absolute Gasteiger partial charge is 0.480 e. The number of amides is 1. The summed E-state index contributed by atoms with van der Waals surface area (Å²) in [4.78, 5) is 26.5. The molecule has 1 amide bonds. The zero-order valence-corrected chi connectivity index (χ0v) is 10.9. The molecule has 17 heavy (non-hydrogen) atoms. The van der Waals surface area contributed by atoms with Gasteiger partial charge in [-0.3, -0.25) is 9.78 Å². The van der Waals surface area contributed by atoms with Gasteiger partial charge in [-0.15, -0.1) is 0 Å². The van der Waals surface area contributed by atoms with Crippen LogP contribution in [0, 0.1) is 0 Å². The number of nitrogens with zero attached hydrogens (tertiary/aromatic N) is 1. The number of nitrogens with one attached hydrogen (secondary N) is 1. The molecule has 0 spiro atoms. The molecule has 6 heteroatoms. The van der Waals surface area contributed by atoms with Gasteiger partial charge in [0.1, 0.15) is 6.04 Å². The van der Waals surface area contributed by atoms with Gasteiger partial charge in [-0.2, -0.15) is 0 Å². The molecule has 0 bridgehead atoms. The number of aromatic nitrogens is 1. The zero-order valence-electron chi connectivity index (χ0n) is 9.31. The van der Waals surface area contributed by atoms with Crippen molar-refractivity contribution >= 4 is 27.8 Å². The van der Waals surface area contributed by atoms with E-state index in [0.717, 1.165) is 0 Å². The average molecular weight is 301 g/mol. The summed E-state index contributed by atoms with van der Waals surface area (Å²) in [6.45, 7) is 1.86. The molecule has 2 N–H and O–H groups in total. The molecule has 1 rings (SSSR count). The quantitative estimate of drug-likeness (QED) is 0.869. The van der Waals surface area contributed by atoms with Crippen LogP contribution in [0.5, 0.6) is 0 Å². The molecule has 0 aliphatic rings. The monoisotopic (exact) mass is 300 g/mol. The minimum atomic E-state index is -1.02. The molecule has 0 unspecified atom stereocenters. The predicted molar refractivity (Wildman–Crippen MR) is 65.7 cm³/mol. The lowest BCUT2D eigenvalue weighted by Gasteiger charge is -2.13. The number of carboxylic acid groups (broad SMARTS) is 1. The number of rotatable bonds is 5. The predicted octanol–water partition coefficient (Wildman–Crippen LogP) is 1.83. The van der Waals surface area contributed by atoms with E-state index in [9.17, 15) is 9.59 Å². The maximum Gasteiger partial charge on any atom is 0.326 e. The number of carboxylic acids is 1. The summed E-state index contributed by atoms with van der Waals surface area (Å²) in [7, 11) is 0. The second-order valence-electron chi connectivity index (χ2n) is 3.54. The molecule has 0 aliphatic heterocycles. The number of hydrogen-bond donors (Lipinski definition) is 2. The Hall–Kier alpha value is -1.43. The summed E-state index contributed by atoms with van der Waals surface area (Å²) >= 11 is 3.20. The van der Waals surface area contributed by atoms with Crippen molar-refractivity contribution in [1.82, 2.24) is 10.3 Å². The minimum Gasteiger partial charge on any atom is -0.480 e. The Labute approximate surface area is 107 Å². The number of halogens is 1. The Kier molecular flexibility index (Phi) is 5.09. The number of hydrogen-bond acceptors (Lipinski definition) is 3. The zero-order chi connectivity index (χ0) is 12.8. The van der Waals surface area contributed by atoms with E-state index in [1.54, 1.807) is 12.3 Å². The fraction of sp³-hybridized carbons (Fsp3) is 0.364. The normalized spacial score (nSPS) is 11.9. The third-order valence-corrected chi connectivity index (χ3v) is 2.58. The van der Waals surface area contributed by atoms with Gasteiger partial charge in [-0.1, -0.05) is 13.3 Å². The average Bonchev–Trinajstić information content (AvgIpc) is 2.28. The van der Waals surface area contributed by atoms with E-state index in [0.29, 0.717) is 22.9 Å². The first-order valence-corrected chi connectivity index (χ1v) is 5.98. The van der Waals surface area contributed by atoms with Gasteiger partial charge in [0.2, 0.25) is 0 Å². The van der Waals surface area contributed by atoms with Crippen molar-refractivity contribution in [3.8, 4) is 0 Å². The summed E-state index contributed by atoms with van der Waals surface area (Å²) in [6, 6.07) is 0.735. The van der Waals surface area contributed by atoms with Gasteiger partial charge in [0, 0.05) is 16.9 Å². The van der Waals surface area contributed by atoms with Crippen LogP contribution >= 0.6 is 15.9 Å². The summed E-state index contributed by atoms with van der Waals surface area (Å²) in [5.41, 5.74) is 0.335. The lowest BCUT2D eigenvalue weighted by Crippen LogP contribution is -2.40. The Balaban J connectivity index is 2.73. The van der Waals surface area contributed by atoms with Crippen molar-refractivity contribution in [2.24, 2.45) is 0 Å². The van der Waals surface area contributed by atoms with Crippen molar-refractivity contribution in [3.05, 3.63) is 28.5 Å². The first-order valence-electron chi connectivity index (χ1n) is 5.18. The van der Waals surface area contributed by atoms with Crippen LogP contribution in [0.1, 0.15) is 30.1 Å². The second kappa shape index (κ2) is 6.34. The third-order valence-electron chi connectivity index (χ3n) is 2.15. The maximum absolute atomic E-state index is 11.8. The topological polar surface area (TPSA) is 79.3 Å². The van der Waals surface area contributed by atoms with Crippen LogP contribution in [-0.2, 0) is 4.79 Å². The van der Waals surface area contributed by atoms with E-state index >= 15 is 0 Å². The first kappa shape index (κ1) is 13.6. The van der Waals surface area contributed by atoms with E-state index in [1.807, 2.05) is 6.92 Å². The van der Waals surface area contributed by atoms with Crippen LogP contribution in [0.2, 0.25) is 0 Å². The molecule has 0 saturated carbocycles. The van der Waals surface area contributed by atoms with Crippen LogP contribution in [0.25, 0.3) is 0 Å². The van der Waals surface area contributed by atoms with Crippen molar-refractivity contribution in [2.45, 2.75) is 25.8 Å². The smallest absolute Gasteiger partial charge is 0.326 e. The number of carbonyl (C=O) groups is 2. The Morgan fingerprint density at radius 1 is 1.53 bits per heavy atom. The van der Waals surface area contributed by atoms with Crippen molar-refractivity contribution < 1.29 is 14.7 Å². The van der Waals surface area contributed by atoms with Gasteiger partial charge in [-0.25, -0.2) is 4.79 Å². The van der Waals surface area contributed by atoms with Crippen molar-refractivity contribution in [1.29, 1.82) is 0 Å². The molecule has 1 heterocycles. The Morgan fingerprint density at radius 3 is 2.76 bits per heavy atom. The van der Waals surface area contributed by atoms with Gasteiger partial charge in [-0.05, 0) is 28.4 Å². The van der Waals surface area contributed by atoms with Gasteiger partial charge in [0.15, 0.2) is 0 Å². The Bertz CT molecular complexity index is 423. The molecule has 5 nitrogen and oxygen atoms in total. The van der Waals surface area contributed by atoms with Gasteiger partial charge in [0.25, 0.3) is 5.91 Å². The molecular formula is C11H13BrN2O3. The minimum absolute atomic E-state index is 0.335. The van der Waals surface area contributed by atoms with Gasteiger partial charge < -0.3 is 10.4 Å². The summed E-state index contributed by atoms with van der Waals surface area (Å²) < 4.78 is 0.674. The molecule has 0 aliphatic carbocycles. The van der Waals surface area contributed by atoms with Crippen LogP contribution in [0.4, 0.5) is 0 Å². The molecular weight excluding hydrogens is 288 g/mol. The SMILES string of the molecule is CCC[C@@H](NC(=O)c1cncc(Br)c1)C(=O)O. The van der Waals surface area contributed by atoms with Crippen molar-refractivity contribution in [2.75, 3.05) is 0 Å². The molecule has 0 fully saturated rings. The summed E-state index contributed by atoms with van der Waals surface area (Å²) in [5, 5.41) is 11.4. The van der Waals surface area contributed by atoms with E-state index in [4.69, 9.17) is 5.11 Å². The third kappa shape index (κ3) is 4.14. The van der Waals surface area contributed by atoms with Gasteiger partial charge >= 0.3 is 5.97 Å². The highest BCUT2D eigenvalue weighted by Crippen LogP contribution is 2.10. The van der Waals surface area contributed by atoms with E-state index in [2.05, 4.69) is 26.2 Å².